The number of aromatic nitrogens is 2. The molecule has 1 aromatic heterocycles. The number of imidazole rings is 1. The normalized spacial score (nSPS) is 14.0. The molecule has 0 saturated heterocycles. The van der Waals surface area contributed by atoms with Crippen molar-refractivity contribution in [2.24, 2.45) is 27.9 Å². The molecule has 4 atom stereocenters. The molecule has 1 aromatic rings. The maximum absolute atomic E-state index is 13.2. The zero-order valence-electron chi connectivity index (χ0n) is 20.6. The number of thiol groups is 1. The van der Waals surface area contributed by atoms with Crippen LogP contribution in [0.3, 0.4) is 0 Å². The highest BCUT2D eigenvalue weighted by Gasteiger charge is 2.30. The molecule has 0 radical (unpaired) electrons. The van der Waals surface area contributed by atoms with E-state index in [9.17, 15) is 24.3 Å². The molecule has 15 nitrogen and oxygen atoms in total. The van der Waals surface area contributed by atoms with Crippen LogP contribution >= 0.6 is 12.6 Å². The third kappa shape index (κ3) is 12.4. The van der Waals surface area contributed by atoms with Crippen LogP contribution in [0.5, 0.6) is 0 Å². The quantitative estimate of drug-likeness (QED) is 0.0387. The number of amides is 3. The van der Waals surface area contributed by atoms with Crippen LogP contribution in [-0.2, 0) is 25.6 Å². The first kappa shape index (κ1) is 31.7. The van der Waals surface area contributed by atoms with Gasteiger partial charge in [0.25, 0.3) is 0 Å². The van der Waals surface area contributed by atoms with E-state index < -0.39 is 47.9 Å². The van der Waals surface area contributed by atoms with Crippen LogP contribution in [0, 0.1) is 0 Å². The largest absolute Gasteiger partial charge is 0.480 e. The Bertz CT molecular complexity index is 894. The first-order chi connectivity index (χ1) is 17.6. The number of carbonyl (C=O) groups excluding carboxylic acids is 3. The van der Waals surface area contributed by atoms with E-state index in [-0.39, 0.29) is 31.0 Å². The van der Waals surface area contributed by atoms with Gasteiger partial charge in [-0.1, -0.05) is 0 Å². The number of rotatable bonds is 18. The van der Waals surface area contributed by atoms with Crippen LogP contribution in [-0.4, -0.2) is 87.7 Å². The van der Waals surface area contributed by atoms with Crippen molar-refractivity contribution >= 4 is 42.3 Å². The lowest BCUT2D eigenvalue weighted by molar-refractivity contribution is -0.141. The molecular weight excluding hydrogens is 504 g/mol. The van der Waals surface area contributed by atoms with Crippen molar-refractivity contribution in [3.63, 3.8) is 0 Å². The van der Waals surface area contributed by atoms with Crippen LogP contribution < -0.4 is 38.9 Å². The molecule has 208 valence electrons. The molecule has 13 N–H and O–H groups in total. The molecule has 4 unspecified atom stereocenters. The molecule has 0 fully saturated rings. The highest BCUT2D eigenvalue weighted by atomic mass is 32.1. The Balaban J connectivity index is 2.96. The van der Waals surface area contributed by atoms with E-state index >= 15 is 0 Å². The number of carbonyl (C=O) groups is 4. The Morgan fingerprint density at radius 1 is 1.00 bits per heavy atom. The van der Waals surface area contributed by atoms with E-state index in [4.69, 9.17) is 22.9 Å². The van der Waals surface area contributed by atoms with Crippen molar-refractivity contribution in [3.8, 4) is 0 Å². The van der Waals surface area contributed by atoms with Gasteiger partial charge in [0.05, 0.1) is 12.4 Å². The van der Waals surface area contributed by atoms with Crippen LogP contribution in [0.15, 0.2) is 17.5 Å². The predicted molar refractivity (Wildman–Crippen MR) is 140 cm³/mol. The smallest absolute Gasteiger partial charge is 0.327 e. The minimum atomic E-state index is -1.26. The van der Waals surface area contributed by atoms with Crippen molar-refractivity contribution in [3.05, 3.63) is 18.2 Å². The SMILES string of the molecule is NCCCCC(NC(=O)C(Cc1cnc[nH]1)NC(=O)C(N)CCCN=C(N)N)C(=O)NC(CS)C(=O)O. The second kappa shape index (κ2) is 17.1. The number of nitrogens with one attached hydrogen (secondary N) is 4. The summed E-state index contributed by atoms with van der Waals surface area (Å²) in [4.78, 5) is 60.7. The summed E-state index contributed by atoms with van der Waals surface area (Å²) in [6.07, 6.45) is 5.00. The summed E-state index contributed by atoms with van der Waals surface area (Å²) < 4.78 is 0. The Labute approximate surface area is 220 Å². The first-order valence-electron chi connectivity index (χ1n) is 11.8. The molecular formula is C21H38N10O5S. The number of aromatic amines is 1. The fourth-order valence-corrected chi connectivity index (χ4v) is 3.49. The number of hydrogen-bond acceptors (Lipinski definition) is 9. The highest BCUT2D eigenvalue weighted by molar-refractivity contribution is 7.80. The van der Waals surface area contributed by atoms with Gasteiger partial charge in [-0.15, -0.1) is 0 Å². The standard InChI is InChI=1S/C21H38N10O5S/c22-6-2-1-5-14(18(33)31-16(10-37)20(35)36)29-19(34)15(8-12-9-26-11-28-12)30-17(32)13(23)4-3-7-27-21(24)25/h9,11,13-16,37H,1-8,10,22-23H2,(H,26,28)(H,29,34)(H,30,32)(H,31,33)(H,35,36)(H4,24,25,27). The molecule has 0 aliphatic carbocycles. The van der Waals surface area contributed by atoms with Gasteiger partial charge in [0.2, 0.25) is 17.7 Å². The Hall–Kier alpha value is -3.37. The highest BCUT2D eigenvalue weighted by Crippen LogP contribution is 2.06. The van der Waals surface area contributed by atoms with E-state index in [1.807, 2.05) is 0 Å². The second-order valence-electron chi connectivity index (χ2n) is 8.33. The lowest BCUT2D eigenvalue weighted by Crippen LogP contribution is -2.57. The van der Waals surface area contributed by atoms with Gasteiger partial charge in [-0.25, -0.2) is 9.78 Å². The number of carboxylic acids is 1. The number of nitrogens with two attached hydrogens (primary N) is 4. The predicted octanol–water partition coefficient (Wildman–Crippen LogP) is -3.07. The zero-order valence-corrected chi connectivity index (χ0v) is 21.5. The molecule has 1 rings (SSSR count). The number of nitrogens with zero attached hydrogens (tertiary/aromatic N) is 2. The number of guanidine groups is 1. The Morgan fingerprint density at radius 3 is 2.22 bits per heavy atom. The third-order valence-electron chi connectivity index (χ3n) is 5.29. The molecule has 0 bridgehead atoms. The van der Waals surface area contributed by atoms with Crippen molar-refractivity contribution < 1.29 is 24.3 Å². The van der Waals surface area contributed by atoms with Crippen molar-refractivity contribution in [2.75, 3.05) is 18.8 Å². The summed E-state index contributed by atoms with van der Waals surface area (Å²) in [7, 11) is 0. The van der Waals surface area contributed by atoms with E-state index in [1.165, 1.54) is 12.5 Å². The lowest BCUT2D eigenvalue weighted by Gasteiger charge is -2.25. The molecule has 0 aliphatic rings. The number of unbranched alkanes of at least 4 members (excludes halogenated alkanes) is 1. The second-order valence-corrected chi connectivity index (χ2v) is 8.69. The summed E-state index contributed by atoms with van der Waals surface area (Å²) in [6, 6.07) is -4.32. The van der Waals surface area contributed by atoms with E-state index in [2.05, 4.69) is 43.5 Å². The summed E-state index contributed by atoms with van der Waals surface area (Å²) in [5.41, 5.74) is 22.6. The van der Waals surface area contributed by atoms with Crippen molar-refractivity contribution in [1.29, 1.82) is 0 Å². The topological polar surface area (TPSA) is 270 Å². The van der Waals surface area contributed by atoms with Crippen LogP contribution in [0.25, 0.3) is 0 Å². The van der Waals surface area contributed by atoms with Crippen LogP contribution in [0.4, 0.5) is 0 Å². The Morgan fingerprint density at radius 2 is 1.65 bits per heavy atom. The fraction of sp³-hybridized carbons (Fsp3) is 0.619. The van der Waals surface area contributed by atoms with E-state index in [0.29, 0.717) is 38.0 Å². The fourth-order valence-electron chi connectivity index (χ4n) is 3.25. The number of carboxylic acid groups (broad SMARTS) is 1. The monoisotopic (exact) mass is 542 g/mol. The third-order valence-corrected chi connectivity index (χ3v) is 5.66. The van der Waals surface area contributed by atoms with Gasteiger partial charge in [-0.2, -0.15) is 12.6 Å². The minimum absolute atomic E-state index is 0.0455. The maximum Gasteiger partial charge on any atom is 0.327 e. The van der Waals surface area contributed by atoms with Gasteiger partial charge in [-0.05, 0) is 38.6 Å². The molecule has 0 saturated carbocycles. The van der Waals surface area contributed by atoms with Crippen molar-refractivity contribution in [1.82, 2.24) is 25.9 Å². The van der Waals surface area contributed by atoms with Gasteiger partial charge < -0.3 is 49.0 Å². The number of aliphatic imine (C=N–C) groups is 1. The summed E-state index contributed by atoms with van der Waals surface area (Å²) >= 11 is 3.94. The van der Waals surface area contributed by atoms with E-state index in [1.54, 1.807) is 0 Å². The average Bonchev–Trinajstić information content (AvgIpc) is 3.36. The summed E-state index contributed by atoms with van der Waals surface area (Å²) in [5, 5.41) is 16.8. The molecule has 3 amide bonds. The molecule has 16 heteroatoms. The van der Waals surface area contributed by atoms with Gasteiger partial charge >= 0.3 is 5.97 Å². The number of H-pyrrole nitrogens is 1. The zero-order chi connectivity index (χ0) is 27.8. The summed E-state index contributed by atoms with van der Waals surface area (Å²) in [5.74, 6) is -3.37. The maximum atomic E-state index is 13.2. The van der Waals surface area contributed by atoms with E-state index in [0.717, 1.165) is 0 Å². The van der Waals surface area contributed by atoms with Crippen molar-refractivity contribution in [2.45, 2.75) is 62.7 Å². The van der Waals surface area contributed by atoms with Crippen LogP contribution in [0.2, 0.25) is 0 Å². The molecule has 0 aromatic carbocycles. The Kier molecular flexibility index (Phi) is 14.7. The molecule has 37 heavy (non-hydrogen) atoms. The lowest BCUT2D eigenvalue weighted by atomic mass is 10.1. The van der Waals surface area contributed by atoms with Gasteiger partial charge in [-0.3, -0.25) is 19.4 Å². The van der Waals surface area contributed by atoms with Gasteiger partial charge in [0.15, 0.2) is 5.96 Å². The average molecular weight is 543 g/mol. The van der Waals surface area contributed by atoms with Gasteiger partial charge in [0.1, 0.15) is 18.1 Å². The molecule has 0 spiro atoms. The number of hydrogen-bond donors (Lipinski definition) is 10. The van der Waals surface area contributed by atoms with Crippen LogP contribution in [0.1, 0.15) is 37.8 Å². The first-order valence-corrected chi connectivity index (χ1v) is 12.4. The number of aliphatic carboxylic acids is 1. The molecule has 0 aliphatic heterocycles. The molecule has 1 heterocycles. The summed E-state index contributed by atoms with van der Waals surface area (Å²) in [6.45, 7) is 0.681. The van der Waals surface area contributed by atoms with Gasteiger partial charge in [0, 0.05) is 30.6 Å². The minimum Gasteiger partial charge on any atom is -0.480 e.